The normalized spacial score (nSPS) is 11.5. The van der Waals surface area contributed by atoms with Crippen molar-refractivity contribution in [1.82, 2.24) is 0 Å². The van der Waals surface area contributed by atoms with Crippen molar-refractivity contribution in [2.75, 3.05) is 0 Å². The molecule has 0 rings (SSSR count). The van der Waals surface area contributed by atoms with Crippen LogP contribution in [-0.2, 0) is 4.79 Å². The first-order valence-corrected chi connectivity index (χ1v) is 5.40. The number of carbonyl (C=O) groups is 1. The molecule has 0 spiro atoms. The predicted molar refractivity (Wildman–Crippen MR) is 60.9 cm³/mol. The Balaban J connectivity index is 3.23. The molecule has 14 heavy (non-hydrogen) atoms. The zero-order chi connectivity index (χ0) is 10.6. The molecule has 0 saturated carbocycles. The average molecular weight is 195 g/mol. The van der Waals surface area contributed by atoms with Gasteiger partial charge in [0.1, 0.15) is 0 Å². The quantitative estimate of drug-likeness (QED) is 0.361. The van der Waals surface area contributed by atoms with E-state index >= 15 is 0 Å². The Kier molecular flexibility index (Phi) is 9.28. The number of allylic oxidation sites excluding steroid dienone is 3. The van der Waals surface area contributed by atoms with Crippen molar-refractivity contribution in [2.24, 2.45) is 5.73 Å². The van der Waals surface area contributed by atoms with Crippen molar-refractivity contribution in [3.8, 4) is 0 Å². The molecule has 0 aromatic carbocycles. The van der Waals surface area contributed by atoms with Crippen LogP contribution in [0.4, 0.5) is 0 Å². The van der Waals surface area contributed by atoms with Gasteiger partial charge in [-0.05, 0) is 12.8 Å². The largest absolute Gasteiger partial charge is 0.366 e. The summed E-state index contributed by atoms with van der Waals surface area (Å²) in [6.45, 7) is 2.22. The summed E-state index contributed by atoms with van der Waals surface area (Å²) < 4.78 is 0. The van der Waals surface area contributed by atoms with Crippen LogP contribution in [0.3, 0.4) is 0 Å². The van der Waals surface area contributed by atoms with Crippen LogP contribution in [0.2, 0.25) is 0 Å². The van der Waals surface area contributed by atoms with Crippen LogP contribution in [0.1, 0.15) is 45.4 Å². The minimum atomic E-state index is -0.391. The Morgan fingerprint density at radius 2 is 1.86 bits per heavy atom. The van der Waals surface area contributed by atoms with Crippen LogP contribution in [0, 0.1) is 0 Å². The van der Waals surface area contributed by atoms with E-state index in [-0.39, 0.29) is 0 Å². The Hall–Kier alpha value is -1.05. The highest BCUT2D eigenvalue weighted by Gasteiger charge is 1.85. The van der Waals surface area contributed by atoms with Crippen LogP contribution in [0.25, 0.3) is 0 Å². The molecule has 0 atom stereocenters. The maximum Gasteiger partial charge on any atom is 0.241 e. The standard InChI is InChI=1S/C12H21NO/c1-2-3-4-5-6-7-8-9-10-11-12(13)14/h8-11H,2-7H2,1H3,(H2,13,14)/b9-8+,11-10+. The third-order valence-corrected chi connectivity index (χ3v) is 1.98. The van der Waals surface area contributed by atoms with E-state index in [1.54, 1.807) is 6.08 Å². The van der Waals surface area contributed by atoms with Gasteiger partial charge in [-0.25, -0.2) is 0 Å². The van der Waals surface area contributed by atoms with Crippen molar-refractivity contribution < 1.29 is 4.79 Å². The molecule has 0 aliphatic rings. The van der Waals surface area contributed by atoms with E-state index < -0.39 is 5.91 Å². The van der Waals surface area contributed by atoms with Gasteiger partial charge in [-0.1, -0.05) is 50.8 Å². The second-order valence-electron chi connectivity index (χ2n) is 3.39. The predicted octanol–water partition coefficient (Wildman–Crippen LogP) is 2.94. The van der Waals surface area contributed by atoms with Crippen LogP contribution in [0.15, 0.2) is 24.3 Å². The summed E-state index contributed by atoms with van der Waals surface area (Å²) in [4.78, 5) is 10.3. The molecule has 2 heteroatoms. The molecule has 0 bridgehead atoms. The lowest BCUT2D eigenvalue weighted by Crippen LogP contribution is -2.04. The van der Waals surface area contributed by atoms with Crippen molar-refractivity contribution in [2.45, 2.75) is 45.4 Å². The number of hydrogen-bond donors (Lipinski definition) is 1. The minimum absolute atomic E-state index is 0.391. The van der Waals surface area contributed by atoms with Crippen molar-refractivity contribution in [3.63, 3.8) is 0 Å². The smallest absolute Gasteiger partial charge is 0.241 e. The Labute approximate surface area is 86.9 Å². The number of carbonyl (C=O) groups excluding carboxylic acids is 1. The molecule has 2 N–H and O–H groups in total. The highest BCUT2D eigenvalue weighted by Crippen LogP contribution is 2.05. The highest BCUT2D eigenvalue weighted by atomic mass is 16.1. The van der Waals surface area contributed by atoms with Gasteiger partial charge >= 0.3 is 0 Å². The topological polar surface area (TPSA) is 43.1 Å². The van der Waals surface area contributed by atoms with Gasteiger partial charge in [0, 0.05) is 6.08 Å². The molecule has 80 valence electrons. The summed E-state index contributed by atoms with van der Waals surface area (Å²) >= 11 is 0. The van der Waals surface area contributed by atoms with E-state index in [0.29, 0.717) is 0 Å². The Morgan fingerprint density at radius 1 is 1.14 bits per heavy atom. The molecule has 0 heterocycles. The van der Waals surface area contributed by atoms with Crippen molar-refractivity contribution in [1.29, 1.82) is 0 Å². The van der Waals surface area contributed by atoms with Gasteiger partial charge in [0.25, 0.3) is 0 Å². The fourth-order valence-corrected chi connectivity index (χ4v) is 1.19. The van der Waals surface area contributed by atoms with Gasteiger partial charge in [-0.3, -0.25) is 4.79 Å². The van der Waals surface area contributed by atoms with Gasteiger partial charge in [-0.15, -0.1) is 0 Å². The number of rotatable bonds is 8. The second kappa shape index (κ2) is 10.0. The zero-order valence-electron chi connectivity index (χ0n) is 9.04. The number of amides is 1. The molecular formula is C12H21NO. The van der Waals surface area contributed by atoms with E-state index in [0.717, 1.165) is 6.42 Å². The maximum atomic E-state index is 10.3. The molecule has 0 aromatic heterocycles. The van der Waals surface area contributed by atoms with Gasteiger partial charge in [0.2, 0.25) is 5.91 Å². The highest BCUT2D eigenvalue weighted by molar-refractivity contribution is 5.85. The summed E-state index contributed by atoms with van der Waals surface area (Å²) in [6, 6.07) is 0. The first-order valence-electron chi connectivity index (χ1n) is 5.40. The third-order valence-electron chi connectivity index (χ3n) is 1.98. The molecule has 0 unspecified atom stereocenters. The molecule has 1 amide bonds. The van der Waals surface area contributed by atoms with Crippen LogP contribution >= 0.6 is 0 Å². The van der Waals surface area contributed by atoms with Gasteiger partial charge in [0.05, 0.1) is 0 Å². The van der Waals surface area contributed by atoms with Gasteiger partial charge in [0.15, 0.2) is 0 Å². The first-order chi connectivity index (χ1) is 6.77. The number of nitrogens with two attached hydrogens (primary N) is 1. The van der Waals surface area contributed by atoms with Crippen molar-refractivity contribution >= 4 is 5.91 Å². The van der Waals surface area contributed by atoms with Crippen LogP contribution in [0.5, 0.6) is 0 Å². The van der Waals surface area contributed by atoms with Gasteiger partial charge in [-0.2, -0.15) is 0 Å². The minimum Gasteiger partial charge on any atom is -0.366 e. The number of primary amides is 1. The average Bonchev–Trinajstić information content (AvgIpc) is 2.15. The molecular weight excluding hydrogens is 174 g/mol. The summed E-state index contributed by atoms with van der Waals surface area (Å²) in [5.74, 6) is -0.391. The first kappa shape index (κ1) is 12.9. The lowest BCUT2D eigenvalue weighted by Gasteiger charge is -1.95. The monoisotopic (exact) mass is 195 g/mol. The van der Waals surface area contributed by atoms with Gasteiger partial charge < -0.3 is 5.73 Å². The summed E-state index contributed by atoms with van der Waals surface area (Å²) in [5.41, 5.74) is 4.93. The van der Waals surface area contributed by atoms with E-state index in [1.165, 1.54) is 38.2 Å². The molecule has 2 nitrogen and oxygen atoms in total. The summed E-state index contributed by atoms with van der Waals surface area (Å²) in [7, 11) is 0. The van der Waals surface area contributed by atoms with E-state index in [2.05, 4.69) is 13.0 Å². The summed E-state index contributed by atoms with van der Waals surface area (Å²) in [5, 5.41) is 0. The van der Waals surface area contributed by atoms with E-state index in [4.69, 9.17) is 5.73 Å². The second-order valence-corrected chi connectivity index (χ2v) is 3.39. The van der Waals surface area contributed by atoms with Crippen LogP contribution in [-0.4, -0.2) is 5.91 Å². The van der Waals surface area contributed by atoms with Crippen molar-refractivity contribution in [3.05, 3.63) is 24.3 Å². The molecule has 0 radical (unpaired) electrons. The zero-order valence-corrected chi connectivity index (χ0v) is 9.04. The third kappa shape index (κ3) is 11.0. The Bertz CT molecular complexity index is 194. The molecule has 0 aliphatic carbocycles. The fourth-order valence-electron chi connectivity index (χ4n) is 1.19. The molecule has 0 aliphatic heterocycles. The summed E-state index contributed by atoms with van der Waals surface area (Å²) in [6.07, 6.45) is 14.6. The number of unbranched alkanes of at least 4 members (excludes halogenated alkanes) is 5. The fraction of sp³-hybridized carbons (Fsp3) is 0.583. The lowest BCUT2D eigenvalue weighted by atomic mass is 10.1. The SMILES string of the molecule is CCCCCCC/C=C/C=C/C(N)=O. The Morgan fingerprint density at radius 3 is 2.50 bits per heavy atom. The molecule has 0 saturated heterocycles. The maximum absolute atomic E-state index is 10.3. The molecule has 0 aromatic rings. The lowest BCUT2D eigenvalue weighted by molar-refractivity contribution is -0.113. The van der Waals surface area contributed by atoms with Crippen LogP contribution < -0.4 is 5.73 Å². The molecule has 0 fully saturated rings. The van der Waals surface area contributed by atoms with E-state index in [9.17, 15) is 4.79 Å². The van der Waals surface area contributed by atoms with E-state index in [1.807, 2.05) is 6.08 Å². The number of hydrogen-bond acceptors (Lipinski definition) is 1.